The third-order valence-corrected chi connectivity index (χ3v) is 5.69. The minimum atomic E-state index is -0.0562. The van der Waals surface area contributed by atoms with E-state index in [0.29, 0.717) is 31.0 Å². The highest BCUT2D eigenvalue weighted by atomic mass is 16.5. The molecule has 1 saturated heterocycles. The second kappa shape index (κ2) is 7.82. The summed E-state index contributed by atoms with van der Waals surface area (Å²) in [5.74, 6) is 1.94. The molecule has 2 aliphatic rings. The highest BCUT2D eigenvalue weighted by molar-refractivity contribution is 5.94. The Morgan fingerprint density at radius 2 is 1.87 bits per heavy atom. The lowest BCUT2D eigenvalue weighted by atomic mass is 10.1. The lowest BCUT2D eigenvalue weighted by Crippen LogP contribution is -2.37. The van der Waals surface area contributed by atoms with E-state index in [0.717, 1.165) is 48.9 Å². The molecule has 30 heavy (non-hydrogen) atoms. The molecule has 0 saturated carbocycles. The minimum Gasteiger partial charge on any atom is -0.472 e. The van der Waals surface area contributed by atoms with Gasteiger partial charge in [-0.25, -0.2) is 4.98 Å². The normalized spacial score (nSPS) is 15.9. The summed E-state index contributed by atoms with van der Waals surface area (Å²) in [5, 5.41) is 0. The molecule has 2 aromatic heterocycles. The average molecular weight is 404 g/mol. The van der Waals surface area contributed by atoms with Crippen molar-refractivity contribution < 1.29 is 13.9 Å². The van der Waals surface area contributed by atoms with Crippen LogP contribution < -0.4 is 9.64 Å². The van der Waals surface area contributed by atoms with Crippen LogP contribution in [-0.4, -0.2) is 40.4 Å². The number of anilines is 1. The summed E-state index contributed by atoms with van der Waals surface area (Å²) in [7, 11) is 0. The van der Waals surface area contributed by atoms with Gasteiger partial charge in [0.15, 0.2) is 0 Å². The number of ether oxygens (including phenoxy) is 1. The number of aromatic nitrogens is 2. The Balaban J connectivity index is 1.49. The molecule has 0 radical (unpaired) electrons. The highest BCUT2D eigenvalue weighted by Gasteiger charge is 2.29. The van der Waals surface area contributed by atoms with Gasteiger partial charge >= 0.3 is 0 Å². The number of carbonyl (C=O) groups excluding carboxylic acids is 1. The number of benzene rings is 1. The number of furan rings is 1. The number of rotatable bonds is 4. The van der Waals surface area contributed by atoms with Crippen molar-refractivity contribution in [3.8, 4) is 11.6 Å². The van der Waals surface area contributed by atoms with Crippen molar-refractivity contribution in [2.75, 3.05) is 24.5 Å². The smallest absolute Gasteiger partial charge is 0.257 e. The largest absolute Gasteiger partial charge is 0.472 e. The third-order valence-electron chi connectivity index (χ3n) is 5.69. The molecule has 0 unspecified atom stereocenters. The first-order valence-corrected chi connectivity index (χ1v) is 10.4. The van der Waals surface area contributed by atoms with Crippen molar-refractivity contribution >= 4 is 11.9 Å². The molecule has 3 aromatic rings. The van der Waals surface area contributed by atoms with E-state index in [1.54, 1.807) is 11.0 Å². The van der Waals surface area contributed by atoms with Crippen LogP contribution >= 0.6 is 0 Å². The average Bonchev–Trinajstić information content (AvgIpc) is 3.49. The fraction of sp³-hybridized carbons (Fsp3) is 0.348. The zero-order valence-electron chi connectivity index (χ0n) is 17.0. The molecule has 2 aliphatic heterocycles. The van der Waals surface area contributed by atoms with E-state index >= 15 is 0 Å². The van der Waals surface area contributed by atoms with Crippen LogP contribution in [0.3, 0.4) is 0 Å². The molecule has 7 nitrogen and oxygen atoms in total. The second-order valence-corrected chi connectivity index (χ2v) is 7.85. The predicted octanol–water partition coefficient (Wildman–Crippen LogP) is 3.97. The number of aryl methyl sites for hydroxylation is 1. The number of carbonyl (C=O) groups is 1. The van der Waals surface area contributed by atoms with Crippen molar-refractivity contribution in [1.29, 1.82) is 0 Å². The minimum absolute atomic E-state index is 0.0562. The first-order valence-electron chi connectivity index (χ1n) is 10.4. The van der Waals surface area contributed by atoms with Crippen LogP contribution in [0.5, 0.6) is 11.6 Å². The van der Waals surface area contributed by atoms with E-state index in [9.17, 15) is 4.79 Å². The first-order chi connectivity index (χ1) is 14.7. The van der Waals surface area contributed by atoms with E-state index in [1.165, 1.54) is 18.1 Å². The van der Waals surface area contributed by atoms with Crippen LogP contribution in [0, 0.1) is 6.92 Å². The monoisotopic (exact) mass is 404 g/mol. The van der Waals surface area contributed by atoms with Gasteiger partial charge in [0.25, 0.3) is 5.91 Å². The van der Waals surface area contributed by atoms with E-state index in [1.807, 2.05) is 31.2 Å². The van der Waals surface area contributed by atoms with Crippen molar-refractivity contribution in [2.24, 2.45) is 0 Å². The molecule has 7 heteroatoms. The standard InChI is InChI=1S/C23H24N4O3/c1-16-4-6-18(7-5-16)30-21-19-14-27(22(28)17-9-13-29-15-17)12-8-20(19)24-23(25-21)26-10-2-3-11-26/h4-7,9,13,15H,2-3,8,10-12,14H2,1H3. The fourth-order valence-electron chi connectivity index (χ4n) is 3.97. The van der Waals surface area contributed by atoms with E-state index in [4.69, 9.17) is 19.1 Å². The van der Waals surface area contributed by atoms with Gasteiger partial charge in [-0.1, -0.05) is 17.7 Å². The summed E-state index contributed by atoms with van der Waals surface area (Å²) in [6, 6.07) is 9.60. The number of hydrogen-bond donors (Lipinski definition) is 0. The Kier molecular flexibility index (Phi) is 4.86. The van der Waals surface area contributed by atoms with Gasteiger partial charge in [-0.05, 0) is 38.0 Å². The first kappa shape index (κ1) is 18.7. The summed E-state index contributed by atoms with van der Waals surface area (Å²) < 4.78 is 11.3. The lowest BCUT2D eigenvalue weighted by Gasteiger charge is -2.30. The Morgan fingerprint density at radius 3 is 2.60 bits per heavy atom. The Morgan fingerprint density at radius 1 is 1.07 bits per heavy atom. The van der Waals surface area contributed by atoms with Gasteiger partial charge in [-0.3, -0.25) is 4.79 Å². The van der Waals surface area contributed by atoms with Crippen molar-refractivity contribution in [2.45, 2.75) is 32.7 Å². The molecule has 0 spiro atoms. The van der Waals surface area contributed by atoms with Crippen LogP contribution in [-0.2, 0) is 13.0 Å². The predicted molar refractivity (Wildman–Crippen MR) is 112 cm³/mol. The Bertz CT molecular complexity index is 1040. The molecule has 154 valence electrons. The molecule has 1 fully saturated rings. The third kappa shape index (κ3) is 3.63. The van der Waals surface area contributed by atoms with Crippen LogP contribution in [0.4, 0.5) is 5.95 Å². The molecular formula is C23H24N4O3. The van der Waals surface area contributed by atoms with E-state index < -0.39 is 0 Å². The van der Waals surface area contributed by atoms with Gasteiger partial charge < -0.3 is 19.0 Å². The zero-order chi connectivity index (χ0) is 20.5. The number of fused-ring (bicyclic) bond motifs is 1. The maximum absolute atomic E-state index is 12.8. The zero-order valence-corrected chi connectivity index (χ0v) is 17.0. The molecule has 5 rings (SSSR count). The number of hydrogen-bond acceptors (Lipinski definition) is 6. The van der Waals surface area contributed by atoms with E-state index in [-0.39, 0.29) is 5.91 Å². The van der Waals surface area contributed by atoms with Gasteiger partial charge in [0.1, 0.15) is 12.0 Å². The van der Waals surface area contributed by atoms with Crippen molar-refractivity contribution in [1.82, 2.24) is 14.9 Å². The topological polar surface area (TPSA) is 71.7 Å². The quantitative estimate of drug-likeness (QED) is 0.655. The maximum atomic E-state index is 12.8. The molecule has 0 aliphatic carbocycles. The van der Waals surface area contributed by atoms with Gasteiger partial charge in [0.05, 0.1) is 29.6 Å². The summed E-state index contributed by atoms with van der Waals surface area (Å²) >= 11 is 0. The number of nitrogens with zero attached hydrogens (tertiary/aromatic N) is 4. The lowest BCUT2D eigenvalue weighted by molar-refractivity contribution is 0.0731. The second-order valence-electron chi connectivity index (χ2n) is 7.85. The van der Waals surface area contributed by atoms with Crippen molar-refractivity contribution in [3.63, 3.8) is 0 Å². The van der Waals surface area contributed by atoms with E-state index in [2.05, 4.69) is 4.90 Å². The molecule has 0 N–H and O–H groups in total. The molecule has 0 atom stereocenters. The molecular weight excluding hydrogens is 380 g/mol. The number of amides is 1. The summed E-state index contributed by atoms with van der Waals surface area (Å²) in [6.07, 6.45) is 5.98. The summed E-state index contributed by atoms with van der Waals surface area (Å²) in [5.41, 5.74) is 3.56. The molecule has 4 heterocycles. The van der Waals surface area contributed by atoms with Gasteiger partial charge in [-0.2, -0.15) is 4.98 Å². The SMILES string of the molecule is Cc1ccc(Oc2nc(N3CCCC3)nc3c2CN(C(=O)c2ccoc2)CC3)cc1. The summed E-state index contributed by atoms with van der Waals surface area (Å²) in [4.78, 5) is 26.5. The van der Waals surface area contributed by atoms with Gasteiger partial charge in [0.2, 0.25) is 11.8 Å². The van der Waals surface area contributed by atoms with Crippen LogP contribution in [0.25, 0.3) is 0 Å². The Labute approximate surface area is 175 Å². The van der Waals surface area contributed by atoms with Gasteiger partial charge in [0, 0.05) is 26.1 Å². The summed E-state index contributed by atoms with van der Waals surface area (Å²) in [6.45, 7) is 5.00. The van der Waals surface area contributed by atoms with Crippen LogP contribution in [0.2, 0.25) is 0 Å². The Hall–Kier alpha value is -3.35. The maximum Gasteiger partial charge on any atom is 0.257 e. The van der Waals surface area contributed by atoms with Crippen LogP contribution in [0.1, 0.15) is 40.0 Å². The molecule has 0 bridgehead atoms. The molecule has 1 aromatic carbocycles. The highest BCUT2D eigenvalue weighted by Crippen LogP contribution is 2.32. The molecule has 1 amide bonds. The van der Waals surface area contributed by atoms with Crippen LogP contribution in [0.15, 0.2) is 47.3 Å². The fourth-order valence-corrected chi connectivity index (χ4v) is 3.97. The van der Waals surface area contributed by atoms with Crippen molar-refractivity contribution in [3.05, 3.63) is 65.2 Å². The van der Waals surface area contributed by atoms with Gasteiger partial charge in [-0.15, -0.1) is 0 Å².